The monoisotopic (exact) mass is 304 g/mol. The first-order chi connectivity index (χ1) is 10.6. The van der Waals surface area contributed by atoms with Gasteiger partial charge in [-0.15, -0.1) is 0 Å². The van der Waals surface area contributed by atoms with Crippen LogP contribution in [0.2, 0.25) is 0 Å². The Kier molecular flexibility index (Phi) is 5.69. The van der Waals surface area contributed by atoms with Gasteiger partial charge in [0.1, 0.15) is 5.82 Å². The second-order valence-corrected chi connectivity index (χ2v) is 5.46. The van der Waals surface area contributed by atoms with Gasteiger partial charge >= 0.3 is 0 Å². The molecule has 1 saturated heterocycles. The zero-order valence-corrected chi connectivity index (χ0v) is 12.8. The van der Waals surface area contributed by atoms with Crippen molar-refractivity contribution in [1.29, 1.82) is 0 Å². The van der Waals surface area contributed by atoms with Crippen molar-refractivity contribution in [2.45, 2.75) is 26.2 Å². The number of carbonyl (C=O) groups is 2. The summed E-state index contributed by atoms with van der Waals surface area (Å²) >= 11 is 0. The number of allylic oxidation sites excluding steroid dienone is 1. The van der Waals surface area contributed by atoms with Gasteiger partial charge in [-0.1, -0.05) is 12.1 Å². The lowest BCUT2D eigenvalue weighted by Gasteiger charge is -2.15. The molecule has 0 aromatic heterocycles. The van der Waals surface area contributed by atoms with Crippen LogP contribution in [-0.2, 0) is 9.59 Å². The zero-order chi connectivity index (χ0) is 15.9. The number of carbonyl (C=O) groups excluding carboxylic acids is 2. The lowest BCUT2D eigenvalue weighted by atomic mass is 10.1. The molecule has 1 aliphatic heterocycles. The first-order valence-corrected chi connectivity index (χ1v) is 7.56. The first kappa shape index (κ1) is 16.2. The van der Waals surface area contributed by atoms with Crippen LogP contribution in [0.1, 0.15) is 31.7 Å². The molecule has 0 unspecified atom stereocenters. The van der Waals surface area contributed by atoms with Crippen molar-refractivity contribution >= 4 is 17.4 Å². The summed E-state index contributed by atoms with van der Waals surface area (Å²) in [6.45, 7) is 3.88. The molecule has 2 rings (SSSR count). The predicted molar refractivity (Wildman–Crippen MR) is 83.5 cm³/mol. The average molecular weight is 304 g/mol. The topological polar surface area (TPSA) is 49.4 Å². The highest BCUT2D eigenvalue weighted by molar-refractivity contribution is 5.94. The molecule has 22 heavy (non-hydrogen) atoms. The fourth-order valence-electron chi connectivity index (χ4n) is 2.47. The van der Waals surface area contributed by atoms with E-state index in [1.54, 1.807) is 12.1 Å². The molecular formula is C17H21FN2O2. The highest BCUT2D eigenvalue weighted by Gasteiger charge is 2.18. The van der Waals surface area contributed by atoms with E-state index in [4.69, 9.17) is 0 Å². The first-order valence-electron chi connectivity index (χ1n) is 7.56. The summed E-state index contributed by atoms with van der Waals surface area (Å²) in [5, 5.41) is 2.81. The van der Waals surface area contributed by atoms with E-state index in [9.17, 15) is 14.0 Å². The highest BCUT2D eigenvalue weighted by atomic mass is 19.1. The van der Waals surface area contributed by atoms with E-state index in [0.29, 0.717) is 19.5 Å². The van der Waals surface area contributed by atoms with Crippen molar-refractivity contribution in [2.24, 2.45) is 0 Å². The number of hydrogen-bond donors (Lipinski definition) is 1. The Bertz CT molecular complexity index is 567. The molecular weight excluding hydrogens is 283 g/mol. The molecule has 1 fully saturated rings. The van der Waals surface area contributed by atoms with Gasteiger partial charge < -0.3 is 10.2 Å². The van der Waals surface area contributed by atoms with Crippen LogP contribution >= 0.6 is 0 Å². The lowest BCUT2D eigenvalue weighted by Crippen LogP contribution is -2.30. The van der Waals surface area contributed by atoms with Crippen LogP contribution in [0.25, 0.3) is 5.57 Å². The maximum absolute atomic E-state index is 12.8. The van der Waals surface area contributed by atoms with Gasteiger partial charge in [0, 0.05) is 32.1 Å². The Morgan fingerprint density at radius 3 is 2.73 bits per heavy atom. The normalized spacial score (nSPS) is 15.3. The largest absolute Gasteiger partial charge is 0.352 e. The number of amides is 2. The summed E-state index contributed by atoms with van der Waals surface area (Å²) in [4.78, 5) is 25.1. The van der Waals surface area contributed by atoms with Gasteiger partial charge in [-0.2, -0.15) is 0 Å². The van der Waals surface area contributed by atoms with E-state index in [-0.39, 0.29) is 17.6 Å². The Labute approximate surface area is 130 Å². The molecule has 0 aliphatic carbocycles. The molecule has 0 spiro atoms. The van der Waals surface area contributed by atoms with Crippen LogP contribution in [0.3, 0.4) is 0 Å². The highest BCUT2D eigenvalue weighted by Crippen LogP contribution is 2.13. The van der Waals surface area contributed by atoms with E-state index >= 15 is 0 Å². The fraction of sp³-hybridized carbons (Fsp3) is 0.412. The minimum absolute atomic E-state index is 0.172. The van der Waals surface area contributed by atoms with Gasteiger partial charge in [0.2, 0.25) is 11.8 Å². The van der Waals surface area contributed by atoms with Crippen molar-refractivity contribution in [3.8, 4) is 0 Å². The second-order valence-electron chi connectivity index (χ2n) is 5.46. The SMILES string of the molecule is C/C(=C\C(=O)NCCCN1CCCC1=O)c1ccc(F)cc1. The van der Waals surface area contributed by atoms with Crippen LogP contribution in [0.4, 0.5) is 4.39 Å². The molecule has 1 heterocycles. The summed E-state index contributed by atoms with van der Waals surface area (Å²) in [5.41, 5.74) is 1.60. The fourth-order valence-corrected chi connectivity index (χ4v) is 2.47. The molecule has 0 atom stereocenters. The summed E-state index contributed by atoms with van der Waals surface area (Å²) in [6.07, 6.45) is 3.84. The maximum Gasteiger partial charge on any atom is 0.244 e. The number of rotatable bonds is 6. The Morgan fingerprint density at radius 1 is 1.36 bits per heavy atom. The predicted octanol–water partition coefficient (Wildman–Crippen LogP) is 2.36. The molecule has 1 aliphatic rings. The van der Waals surface area contributed by atoms with Crippen molar-refractivity contribution in [3.63, 3.8) is 0 Å². The number of nitrogens with one attached hydrogen (secondary N) is 1. The standard InChI is InChI=1S/C17H21FN2O2/c1-13(14-5-7-15(18)8-6-14)12-16(21)19-9-3-11-20-10-2-4-17(20)22/h5-8,12H,2-4,9-11H2,1H3,(H,19,21)/b13-12+. The number of halogens is 1. The second kappa shape index (κ2) is 7.73. The van der Waals surface area contributed by atoms with Crippen molar-refractivity contribution in [2.75, 3.05) is 19.6 Å². The molecule has 2 amide bonds. The molecule has 1 aromatic rings. The molecule has 1 aromatic carbocycles. The third-order valence-electron chi connectivity index (χ3n) is 3.72. The third kappa shape index (κ3) is 4.69. The quantitative estimate of drug-likeness (QED) is 0.648. The lowest BCUT2D eigenvalue weighted by molar-refractivity contribution is -0.127. The summed E-state index contributed by atoms with van der Waals surface area (Å²) < 4.78 is 12.8. The van der Waals surface area contributed by atoms with Gasteiger partial charge in [0.25, 0.3) is 0 Å². The van der Waals surface area contributed by atoms with Gasteiger partial charge in [0.15, 0.2) is 0 Å². The van der Waals surface area contributed by atoms with Crippen LogP contribution in [0.15, 0.2) is 30.3 Å². The third-order valence-corrected chi connectivity index (χ3v) is 3.72. The van der Waals surface area contributed by atoms with E-state index in [1.165, 1.54) is 18.2 Å². The Balaban J connectivity index is 1.73. The van der Waals surface area contributed by atoms with E-state index in [2.05, 4.69) is 5.32 Å². The maximum atomic E-state index is 12.8. The van der Waals surface area contributed by atoms with Gasteiger partial charge in [-0.05, 0) is 43.0 Å². The summed E-state index contributed by atoms with van der Waals surface area (Å²) in [5.74, 6) is -0.259. The van der Waals surface area contributed by atoms with Crippen molar-refractivity contribution < 1.29 is 14.0 Å². The summed E-state index contributed by atoms with van der Waals surface area (Å²) in [7, 11) is 0. The van der Waals surface area contributed by atoms with Gasteiger partial charge in [0.05, 0.1) is 0 Å². The van der Waals surface area contributed by atoms with E-state index < -0.39 is 0 Å². The molecule has 0 radical (unpaired) electrons. The molecule has 5 heteroatoms. The van der Waals surface area contributed by atoms with Crippen molar-refractivity contribution in [1.82, 2.24) is 10.2 Å². The number of likely N-dealkylation sites (tertiary alicyclic amines) is 1. The van der Waals surface area contributed by atoms with Crippen LogP contribution in [0.5, 0.6) is 0 Å². The number of nitrogens with zero attached hydrogens (tertiary/aromatic N) is 1. The van der Waals surface area contributed by atoms with Crippen LogP contribution in [0, 0.1) is 5.82 Å². The average Bonchev–Trinajstić information content (AvgIpc) is 2.89. The Morgan fingerprint density at radius 2 is 2.09 bits per heavy atom. The van der Waals surface area contributed by atoms with E-state index in [0.717, 1.165) is 30.5 Å². The van der Waals surface area contributed by atoms with Crippen LogP contribution < -0.4 is 5.32 Å². The van der Waals surface area contributed by atoms with E-state index in [1.807, 2.05) is 11.8 Å². The molecule has 4 nitrogen and oxygen atoms in total. The Hall–Kier alpha value is -2.17. The van der Waals surface area contributed by atoms with Gasteiger partial charge in [-0.3, -0.25) is 9.59 Å². The number of benzene rings is 1. The molecule has 1 N–H and O–H groups in total. The van der Waals surface area contributed by atoms with Crippen LogP contribution in [-0.4, -0.2) is 36.3 Å². The number of hydrogen-bond acceptors (Lipinski definition) is 2. The molecule has 118 valence electrons. The van der Waals surface area contributed by atoms with Gasteiger partial charge in [-0.25, -0.2) is 4.39 Å². The molecule has 0 saturated carbocycles. The smallest absolute Gasteiger partial charge is 0.244 e. The summed E-state index contributed by atoms with van der Waals surface area (Å²) in [6, 6.07) is 6.04. The minimum atomic E-state index is -0.294. The molecule has 0 bridgehead atoms. The zero-order valence-electron chi connectivity index (χ0n) is 12.8. The minimum Gasteiger partial charge on any atom is -0.352 e. The van der Waals surface area contributed by atoms with Crippen molar-refractivity contribution in [3.05, 3.63) is 41.7 Å².